The molecule has 4 rings (SSSR count). The van der Waals surface area contributed by atoms with Gasteiger partial charge < -0.3 is 9.32 Å². The van der Waals surface area contributed by atoms with Crippen LogP contribution in [-0.2, 0) is 21.4 Å². The van der Waals surface area contributed by atoms with Gasteiger partial charge in [-0.05, 0) is 38.3 Å². The first-order chi connectivity index (χ1) is 13.7. The molecule has 1 aromatic rings. The zero-order valence-corrected chi connectivity index (χ0v) is 17.9. The van der Waals surface area contributed by atoms with Crippen molar-refractivity contribution in [2.75, 3.05) is 25.9 Å². The molecule has 0 bridgehead atoms. The van der Waals surface area contributed by atoms with Crippen LogP contribution in [0.2, 0.25) is 0 Å². The van der Waals surface area contributed by atoms with Crippen LogP contribution < -0.4 is 0 Å². The molecular weight excluding hydrogens is 396 g/mol. The number of fused-ring (bicyclic) bond motifs is 1. The van der Waals surface area contributed by atoms with Crippen molar-refractivity contribution < 1.29 is 22.4 Å². The second-order valence-corrected chi connectivity index (χ2v) is 10.5. The number of aromatic nitrogens is 1. The molecule has 0 aliphatic carbocycles. The van der Waals surface area contributed by atoms with E-state index < -0.39 is 33.9 Å². The van der Waals surface area contributed by atoms with Crippen LogP contribution in [0.1, 0.15) is 49.5 Å². The number of rotatable bonds is 5. The van der Waals surface area contributed by atoms with Crippen LogP contribution in [0.15, 0.2) is 10.7 Å². The van der Waals surface area contributed by atoms with Crippen LogP contribution in [-0.4, -0.2) is 77.3 Å². The maximum absolute atomic E-state index is 13.2. The van der Waals surface area contributed by atoms with E-state index in [2.05, 4.69) is 9.88 Å². The second kappa shape index (κ2) is 7.39. The first-order valence-electron chi connectivity index (χ1n) is 10.2. The Hall–Kier alpha value is -1.94. The van der Waals surface area contributed by atoms with Gasteiger partial charge in [0, 0.05) is 6.54 Å². The molecule has 0 radical (unpaired) electrons. The Morgan fingerprint density at radius 2 is 1.97 bits per heavy atom. The summed E-state index contributed by atoms with van der Waals surface area (Å²) in [6.07, 6.45) is 5.18. The Balaban J connectivity index is 1.57. The van der Waals surface area contributed by atoms with Gasteiger partial charge in [0.1, 0.15) is 6.26 Å². The largest absolute Gasteiger partial charge is 0.447 e. The van der Waals surface area contributed by atoms with Crippen LogP contribution in [0.5, 0.6) is 0 Å². The lowest BCUT2D eigenvalue weighted by Crippen LogP contribution is -2.44. The van der Waals surface area contributed by atoms with Gasteiger partial charge >= 0.3 is 0 Å². The van der Waals surface area contributed by atoms with E-state index >= 15 is 0 Å². The predicted molar refractivity (Wildman–Crippen MR) is 104 cm³/mol. The number of oxazole rings is 1. The fourth-order valence-electron chi connectivity index (χ4n) is 5.03. The molecule has 29 heavy (non-hydrogen) atoms. The van der Waals surface area contributed by atoms with Crippen LogP contribution in [0, 0.1) is 11.8 Å². The van der Waals surface area contributed by atoms with Crippen molar-refractivity contribution in [1.29, 1.82) is 0 Å². The summed E-state index contributed by atoms with van der Waals surface area (Å²) in [7, 11) is -3.69. The van der Waals surface area contributed by atoms with E-state index in [0.717, 1.165) is 36.5 Å². The third-order valence-corrected chi connectivity index (χ3v) is 7.42. The fourth-order valence-corrected chi connectivity index (χ4v) is 6.20. The van der Waals surface area contributed by atoms with Crippen LogP contribution in [0.3, 0.4) is 0 Å². The Bertz CT molecular complexity index is 905. The van der Waals surface area contributed by atoms with E-state index in [4.69, 9.17) is 4.42 Å². The molecule has 2 amide bonds. The Morgan fingerprint density at radius 3 is 2.59 bits per heavy atom. The van der Waals surface area contributed by atoms with Gasteiger partial charge in [-0.25, -0.2) is 17.7 Å². The molecule has 10 heteroatoms. The smallest absolute Gasteiger partial charge is 0.276 e. The van der Waals surface area contributed by atoms with E-state index in [1.807, 2.05) is 13.8 Å². The maximum Gasteiger partial charge on any atom is 0.276 e. The highest BCUT2D eigenvalue weighted by molar-refractivity contribution is 7.88. The van der Waals surface area contributed by atoms with Crippen LogP contribution in [0.25, 0.3) is 0 Å². The predicted octanol–water partition coefficient (Wildman–Crippen LogP) is 0.928. The van der Waals surface area contributed by atoms with Crippen molar-refractivity contribution in [3.8, 4) is 0 Å². The van der Waals surface area contributed by atoms with E-state index in [1.54, 1.807) is 4.90 Å². The lowest BCUT2D eigenvalue weighted by atomic mass is 9.88. The molecule has 3 atom stereocenters. The number of carbonyl (C=O) groups is 2. The molecule has 0 N–H and O–H groups in total. The third-order valence-electron chi connectivity index (χ3n) is 6.26. The summed E-state index contributed by atoms with van der Waals surface area (Å²) in [5.74, 6) is -0.838. The summed E-state index contributed by atoms with van der Waals surface area (Å²) < 4.78 is 31.0. The van der Waals surface area contributed by atoms with Crippen molar-refractivity contribution in [1.82, 2.24) is 19.1 Å². The molecule has 3 aliphatic heterocycles. The van der Waals surface area contributed by atoms with E-state index in [9.17, 15) is 18.0 Å². The quantitative estimate of drug-likeness (QED) is 0.692. The Kier molecular flexibility index (Phi) is 5.18. The highest BCUT2D eigenvalue weighted by Gasteiger charge is 2.58. The number of carbonyl (C=O) groups excluding carboxylic acids is 2. The first-order valence-corrected chi connectivity index (χ1v) is 12.0. The Morgan fingerprint density at radius 1 is 1.28 bits per heavy atom. The molecule has 1 aromatic heterocycles. The number of likely N-dealkylation sites (tertiary alicyclic amines) is 2. The first kappa shape index (κ1) is 20.3. The Labute approximate surface area is 171 Å². The summed E-state index contributed by atoms with van der Waals surface area (Å²) in [6.45, 7) is 6.74. The SMILES string of the molecule is CC(C)[C@@H]1C(=O)N(S(C)(=O)=O)[C@H]2CCN(C(=O)c3coc(CN4CCCC4)n3)[C@H]12. The fraction of sp³-hybridized carbons (Fsp3) is 0.737. The molecular formula is C19H28N4O5S. The standard InChI is InChI=1S/C19H28N4O5S/c1-12(2)16-17-14(23(19(16)25)29(3,26)27)6-9-22(17)18(24)13-11-28-15(20-13)10-21-7-4-5-8-21/h11-12,14,16-17H,4-10H2,1-3H3/t14-,16-,17-/m0/s1. The zero-order chi connectivity index (χ0) is 20.9. The summed E-state index contributed by atoms with van der Waals surface area (Å²) in [4.78, 5) is 34.3. The molecule has 0 aromatic carbocycles. The van der Waals surface area contributed by atoms with Gasteiger partial charge in [0.2, 0.25) is 21.8 Å². The number of amides is 2. The topological polar surface area (TPSA) is 104 Å². The van der Waals surface area contributed by atoms with E-state index in [1.165, 1.54) is 6.26 Å². The van der Waals surface area contributed by atoms with Crippen molar-refractivity contribution in [3.05, 3.63) is 17.8 Å². The number of nitrogens with zero attached hydrogens (tertiary/aromatic N) is 4. The minimum atomic E-state index is -3.69. The van der Waals surface area contributed by atoms with E-state index in [0.29, 0.717) is 25.4 Å². The molecule has 0 unspecified atom stereocenters. The van der Waals surface area contributed by atoms with Gasteiger partial charge in [-0.2, -0.15) is 0 Å². The van der Waals surface area contributed by atoms with Crippen LogP contribution >= 0.6 is 0 Å². The maximum atomic E-state index is 13.2. The molecule has 0 saturated carbocycles. The molecule has 9 nitrogen and oxygen atoms in total. The lowest BCUT2D eigenvalue weighted by Gasteiger charge is -2.28. The minimum Gasteiger partial charge on any atom is -0.447 e. The molecule has 4 heterocycles. The monoisotopic (exact) mass is 424 g/mol. The number of hydrogen-bond acceptors (Lipinski definition) is 7. The summed E-state index contributed by atoms with van der Waals surface area (Å²) in [5.41, 5.74) is 0.215. The second-order valence-electron chi connectivity index (χ2n) is 8.62. The molecule has 3 fully saturated rings. The van der Waals surface area contributed by atoms with Gasteiger partial charge in [0.25, 0.3) is 5.91 Å². The highest BCUT2D eigenvalue weighted by atomic mass is 32.2. The molecule has 3 saturated heterocycles. The van der Waals surface area contributed by atoms with Crippen molar-refractivity contribution in [3.63, 3.8) is 0 Å². The normalized spacial score (nSPS) is 28.0. The van der Waals surface area contributed by atoms with Gasteiger partial charge in [-0.15, -0.1) is 0 Å². The summed E-state index contributed by atoms with van der Waals surface area (Å²) in [5, 5.41) is 0. The van der Waals surface area contributed by atoms with Gasteiger partial charge in [-0.3, -0.25) is 14.5 Å². The van der Waals surface area contributed by atoms with Gasteiger partial charge in [0.05, 0.1) is 30.8 Å². The van der Waals surface area contributed by atoms with Crippen LogP contribution in [0.4, 0.5) is 0 Å². The molecule has 0 spiro atoms. The molecule has 3 aliphatic rings. The summed E-state index contributed by atoms with van der Waals surface area (Å²) in [6, 6.07) is -0.978. The third kappa shape index (κ3) is 3.56. The van der Waals surface area contributed by atoms with Crippen molar-refractivity contribution in [2.24, 2.45) is 11.8 Å². The number of sulfonamides is 1. The van der Waals surface area contributed by atoms with Crippen molar-refractivity contribution >= 4 is 21.8 Å². The van der Waals surface area contributed by atoms with Gasteiger partial charge in [-0.1, -0.05) is 13.8 Å². The van der Waals surface area contributed by atoms with E-state index in [-0.39, 0.29) is 17.5 Å². The van der Waals surface area contributed by atoms with Crippen molar-refractivity contribution in [2.45, 2.75) is 51.7 Å². The molecule has 160 valence electrons. The van der Waals surface area contributed by atoms with Gasteiger partial charge in [0.15, 0.2) is 5.69 Å². The zero-order valence-electron chi connectivity index (χ0n) is 17.1. The number of hydrogen-bond donors (Lipinski definition) is 0. The minimum absolute atomic E-state index is 0.0850. The summed E-state index contributed by atoms with van der Waals surface area (Å²) >= 11 is 0. The lowest BCUT2D eigenvalue weighted by molar-refractivity contribution is -0.129. The average Bonchev–Trinajstić information content (AvgIpc) is 3.37. The average molecular weight is 425 g/mol. The highest BCUT2D eigenvalue weighted by Crippen LogP contribution is 2.41.